The van der Waals surface area contributed by atoms with Gasteiger partial charge < -0.3 is 14.2 Å². The van der Waals surface area contributed by atoms with Gasteiger partial charge in [-0.05, 0) is 101 Å². The van der Waals surface area contributed by atoms with Gasteiger partial charge in [0.15, 0.2) is 0 Å². The normalized spacial score (nSPS) is 21.9. The third-order valence-electron chi connectivity index (χ3n) is 9.85. The highest BCUT2D eigenvalue weighted by Gasteiger charge is 2.40. The summed E-state index contributed by atoms with van der Waals surface area (Å²) in [6.45, 7) is 10.7. The van der Waals surface area contributed by atoms with Gasteiger partial charge in [-0.3, -0.25) is 14.4 Å². The second-order valence-electron chi connectivity index (χ2n) is 13.9. The maximum atomic E-state index is 13.3. The van der Waals surface area contributed by atoms with E-state index in [1.807, 2.05) is 38.3 Å². The molecular formula is C37H55N5O2S. The average Bonchev–Trinajstić information content (AvgIpc) is 3.27. The first-order valence-electron chi connectivity index (χ1n) is 17.0. The molecule has 0 radical (unpaired) electrons. The van der Waals surface area contributed by atoms with Crippen molar-refractivity contribution < 1.29 is 9.53 Å². The van der Waals surface area contributed by atoms with Crippen LogP contribution in [0.1, 0.15) is 86.7 Å². The summed E-state index contributed by atoms with van der Waals surface area (Å²) in [6.07, 6.45) is 8.63. The van der Waals surface area contributed by atoms with Crippen LogP contribution in [0.25, 0.3) is 22.2 Å². The van der Waals surface area contributed by atoms with Gasteiger partial charge in [-0.15, -0.1) is 0 Å². The van der Waals surface area contributed by atoms with Gasteiger partial charge in [-0.25, -0.2) is 4.31 Å². The van der Waals surface area contributed by atoms with Gasteiger partial charge in [0.05, 0.1) is 12.8 Å². The van der Waals surface area contributed by atoms with Crippen molar-refractivity contribution in [3.63, 3.8) is 0 Å². The number of likely N-dealkylation sites (N-methyl/N-ethyl adjacent to an activating group) is 1. The van der Waals surface area contributed by atoms with Gasteiger partial charge in [0.2, 0.25) is 0 Å². The summed E-state index contributed by atoms with van der Waals surface area (Å²) in [5.41, 5.74) is 7.51. The summed E-state index contributed by atoms with van der Waals surface area (Å²) in [6, 6.07) is 13.8. The molecule has 1 saturated carbocycles. The number of hydrogen-bond donors (Lipinski definition) is 1. The molecule has 6 rings (SSSR count). The van der Waals surface area contributed by atoms with Crippen molar-refractivity contribution in [3.8, 4) is 17.0 Å². The number of fused-ring (bicyclic) bond motifs is 5. The first kappa shape index (κ1) is 33.8. The van der Waals surface area contributed by atoms with Gasteiger partial charge in [-0.2, -0.15) is 0 Å². The molecule has 45 heavy (non-hydrogen) atoms. The van der Waals surface area contributed by atoms with E-state index < -0.39 is 0 Å². The van der Waals surface area contributed by atoms with Crippen LogP contribution in [-0.2, 0) is 13.0 Å². The van der Waals surface area contributed by atoms with Crippen LogP contribution < -0.4 is 9.46 Å². The van der Waals surface area contributed by atoms with Crippen LogP contribution in [0.2, 0.25) is 0 Å². The Kier molecular flexibility index (Phi) is 10.9. The SMILES string of the molecule is CC.COc1ccc2c(c1)CC(C)(CN1CCC1CN(C)C)Cn1c-2c(C2CCCCC2)c2ccc(C(=O)NSN(C)C)cc21. The molecule has 1 amide bonds. The molecule has 2 aliphatic heterocycles. The molecule has 0 bridgehead atoms. The number of rotatable bonds is 9. The number of carbonyl (C=O) groups is 1. The first-order valence-corrected chi connectivity index (χ1v) is 17.8. The predicted octanol–water partition coefficient (Wildman–Crippen LogP) is 7.44. The molecule has 3 aromatic rings. The fourth-order valence-electron chi connectivity index (χ4n) is 7.87. The largest absolute Gasteiger partial charge is 0.497 e. The second-order valence-corrected chi connectivity index (χ2v) is 15.1. The molecule has 1 N–H and O–H groups in total. The highest BCUT2D eigenvalue weighted by molar-refractivity contribution is 7.95. The summed E-state index contributed by atoms with van der Waals surface area (Å²) >= 11 is 1.32. The number of benzene rings is 2. The fourth-order valence-corrected chi connectivity index (χ4v) is 8.25. The minimum Gasteiger partial charge on any atom is -0.497 e. The molecule has 2 atom stereocenters. The van der Waals surface area contributed by atoms with Gasteiger partial charge in [-0.1, -0.05) is 46.1 Å². The highest BCUT2D eigenvalue weighted by Crippen LogP contribution is 2.49. The Labute approximate surface area is 275 Å². The minimum atomic E-state index is -0.0519. The Hall–Kier alpha value is -2.52. The molecule has 1 saturated heterocycles. The maximum Gasteiger partial charge on any atom is 0.262 e. The minimum absolute atomic E-state index is 0.0200. The quantitative estimate of drug-likeness (QED) is 0.247. The summed E-state index contributed by atoms with van der Waals surface area (Å²) in [5, 5.41) is 1.32. The number of carbonyl (C=O) groups excluding carboxylic acids is 1. The van der Waals surface area contributed by atoms with Crippen LogP contribution in [0, 0.1) is 5.41 Å². The molecule has 3 heterocycles. The third kappa shape index (κ3) is 7.24. The molecule has 246 valence electrons. The summed E-state index contributed by atoms with van der Waals surface area (Å²) in [4.78, 5) is 18.3. The molecule has 1 aliphatic carbocycles. The van der Waals surface area contributed by atoms with Gasteiger partial charge in [0, 0.05) is 71.8 Å². The van der Waals surface area contributed by atoms with Crippen molar-refractivity contribution in [2.45, 2.75) is 84.2 Å². The van der Waals surface area contributed by atoms with Crippen molar-refractivity contribution in [3.05, 3.63) is 53.1 Å². The summed E-state index contributed by atoms with van der Waals surface area (Å²) in [7, 11) is 10.0. The highest BCUT2D eigenvalue weighted by atomic mass is 32.2. The summed E-state index contributed by atoms with van der Waals surface area (Å²) in [5.74, 6) is 1.41. The lowest BCUT2D eigenvalue weighted by molar-refractivity contribution is 0.0232. The zero-order valence-electron chi connectivity index (χ0n) is 28.9. The average molecular weight is 634 g/mol. The molecule has 2 unspecified atom stereocenters. The lowest BCUT2D eigenvalue weighted by Crippen LogP contribution is -2.56. The van der Waals surface area contributed by atoms with Crippen LogP contribution in [-0.4, -0.2) is 85.6 Å². The first-order chi connectivity index (χ1) is 21.7. The number of likely N-dealkylation sites (tertiary alicyclic amines) is 1. The zero-order chi connectivity index (χ0) is 32.3. The Morgan fingerprint density at radius 3 is 2.44 bits per heavy atom. The predicted molar refractivity (Wildman–Crippen MR) is 190 cm³/mol. The van der Waals surface area contributed by atoms with E-state index in [2.05, 4.69) is 70.4 Å². The molecule has 2 fully saturated rings. The van der Waals surface area contributed by atoms with Gasteiger partial charge >= 0.3 is 0 Å². The maximum absolute atomic E-state index is 13.3. The lowest BCUT2D eigenvalue weighted by atomic mass is 9.79. The molecule has 1 aromatic heterocycles. The van der Waals surface area contributed by atoms with Crippen LogP contribution in [0.15, 0.2) is 36.4 Å². The molecule has 3 aliphatic rings. The Balaban J connectivity index is 0.00000196. The van der Waals surface area contributed by atoms with Crippen LogP contribution >= 0.6 is 12.1 Å². The van der Waals surface area contributed by atoms with E-state index >= 15 is 0 Å². The number of aromatic nitrogens is 1. The molecule has 2 aromatic carbocycles. The smallest absolute Gasteiger partial charge is 0.262 e. The van der Waals surface area contributed by atoms with E-state index in [-0.39, 0.29) is 11.3 Å². The third-order valence-corrected chi connectivity index (χ3v) is 10.5. The number of nitrogens with zero attached hydrogens (tertiary/aromatic N) is 4. The van der Waals surface area contributed by atoms with Crippen LogP contribution in [0.5, 0.6) is 5.75 Å². The van der Waals surface area contributed by atoms with Crippen molar-refractivity contribution in [2.75, 3.05) is 54.9 Å². The number of hydrogen-bond acceptors (Lipinski definition) is 6. The number of nitrogens with one attached hydrogen (secondary N) is 1. The second kappa shape index (κ2) is 14.5. The number of methoxy groups -OCH3 is 1. The van der Waals surface area contributed by atoms with Crippen LogP contribution in [0.3, 0.4) is 0 Å². The summed E-state index contributed by atoms with van der Waals surface area (Å²) < 4.78 is 13.3. The molecule has 8 heteroatoms. The monoisotopic (exact) mass is 633 g/mol. The lowest BCUT2D eigenvalue weighted by Gasteiger charge is -2.47. The topological polar surface area (TPSA) is 53.0 Å². The molecular weight excluding hydrogens is 579 g/mol. The zero-order valence-corrected chi connectivity index (χ0v) is 29.7. The van der Waals surface area contributed by atoms with E-state index in [0.717, 1.165) is 31.8 Å². The standard InChI is InChI=1S/C35H49N5O2S.C2H6/c1-35(22-39-17-16-27(39)21-37(2)3)20-26-18-28(42-6)13-15-29(26)33-32(24-10-8-7-9-11-24)30-14-12-25(19-31(30)40(33)23-35)34(41)36-43-38(4)5;1-2/h12-15,18-19,24,27H,7-11,16-17,20-23H2,1-6H3,(H,36,41);1-2H3. The number of amides is 1. The fraction of sp³-hybridized carbons (Fsp3) is 0.595. The van der Waals surface area contributed by atoms with E-state index in [4.69, 9.17) is 4.74 Å². The van der Waals surface area contributed by atoms with E-state index in [0.29, 0.717) is 17.5 Å². The Bertz CT molecular complexity index is 1480. The molecule has 7 nitrogen and oxygen atoms in total. The van der Waals surface area contributed by atoms with Crippen molar-refractivity contribution in [1.82, 2.24) is 23.4 Å². The van der Waals surface area contributed by atoms with Crippen molar-refractivity contribution in [2.24, 2.45) is 5.41 Å². The van der Waals surface area contributed by atoms with Gasteiger partial charge in [0.25, 0.3) is 5.91 Å². The van der Waals surface area contributed by atoms with Crippen molar-refractivity contribution >= 4 is 28.9 Å². The Morgan fingerprint density at radius 1 is 1.04 bits per heavy atom. The Morgan fingerprint density at radius 2 is 1.80 bits per heavy atom. The molecule has 0 spiro atoms. The van der Waals surface area contributed by atoms with Crippen molar-refractivity contribution in [1.29, 1.82) is 0 Å². The van der Waals surface area contributed by atoms with E-state index in [9.17, 15) is 4.79 Å². The van der Waals surface area contributed by atoms with E-state index in [1.54, 1.807) is 7.11 Å². The van der Waals surface area contributed by atoms with Crippen LogP contribution in [0.4, 0.5) is 0 Å². The van der Waals surface area contributed by atoms with Gasteiger partial charge in [0.1, 0.15) is 5.75 Å². The number of ether oxygens (including phenoxy) is 1. The van der Waals surface area contributed by atoms with E-state index in [1.165, 1.54) is 90.5 Å².